The number of primary amides is 1. The van der Waals surface area contributed by atoms with Crippen molar-refractivity contribution < 1.29 is 14.3 Å². The molecule has 0 saturated carbocycles. The summed E-state index contributed by atoms with van der Waals surface area (Å²) in [7, 11) is 0. The van der Waals surface area contributed by atoms with Crippen molar-refractivity contribution in [1.29, 1.82) is 0 Å². The maximum Gasteiger partial charge on any atom is 0.227 e. The van der Waals surface area contributed by atoms with Crippen LogP contribution in [0.5, 0.6) is 5.75 Å². The molecule has 3 rings (SSSR count). The van der Waals surface area contributed by atoms with Gasteiger partial charge in [0.05, 0.1) is 11.4 Å². The van der Waals surface area contributed by atoms with Gasteiger partial charge in [-0.25, -0.2) is 0 Å². The first-order valence-corrected chi connectivity index (χ1v) is 7.43. The second-order valence-corrected chi connectivity index (χ2v) is 5.57. The summed E-state index contributed by atoms with van der Waals surface area (Å²) in [6.07, 6.45) is 1.50. The summed E-state index contributed by atoms with van der Waals surface area (Å²) in [6.45, 7) is 1.61. The highest BCUT2D eigenvalue weighted by Gasteiger charge is 2.26. The van der Waals surface area contributed by atoms with E-state index in [1.54, 1.807) is 19.2 Å². The molecule has 0 bridgehead atoms. The number of hydrogen-bond donors (Lipinski definition) is 2. The molecule has 0 aliphatic carbocycles. The van der Waals surface area contributed by atoms with Crippen LogP contribution in [-0.4, -0.2) is 16.0 Å². The lowest BCUT2D eigenvalue weighted by molar-refractivity contribution is -0.118. The number of hydrogen-bond acceptors (Lipinski definition) is 5. The first-order valence-electron chi connectivity index (χ1n) is 7.43. The predicted octanol–water partition coefficient (Wildman–Crippen LogP) is 2.21. The Labute approximate surface area is 137 Å². The fourth-order valence-corrected chi connectivity index (χ4v) is 2.83. The molecule has 0 radical (unpaired) electrons. The van der Waals surface area contributed by atoms with Gasteiger partial charge in [-0.15, -0.1) is 0 Å². The lowest BCUT2D eigenvalue weighted by Crippen LogP contribution is -2.18. The van der Waals surface area contributed by atoms with Gasteiger partial charge in [0.2, 0.25) is 17.1 Å². The molecule has 0 fully saturated rings. The Morgan fingerprint density at radius 1 is 1.33 bits per heavy atom. The number of pyridine rings is 1. The molecule has 2 heterocycles. The van der Waals surface area contributed by atoms with Crippen LogP contribution < -0.4 is 11.2 Å². The Balaban J connectivity index is 2.28. The summed E-state index contributed by atoms with van der Waals surface area (Å²) < 4.78 is 5.58. The van der Waals surface area contributed by atoms with E-state index < -0.39 is 23.0 Å². The average molecular weight is 324 g/mol. The number of carbonyl (C=O) groups is 1. The standard InChI is InChI=1S/C18H16N2O4/c1-10-8-15(21)17(23)18(24-10)13(9-16(19)22)11-6-7-20-14-5-3-2-4-12(11)14/h2-8,13,23H,9H2,1H3,(H2,19,22). The molecule has 0 aliphatic rings. The van der Waals surface area contributed by atoms with Crippen LogP contribution >= 0.6 is 0 Å². The molecule has 1 atom stereocenters. The van der Waals surface area contributed by atoms with Gasteiger partial charge >= 0.3 is 0 Å². The van der Waals surface area contributed by atoms with Crippen molar-refractivity contribution in [2.75, 3.05) is 0 Å². The van der Waals surface area contributed by atoms with Crippen LogP contribution in [0.3, 0.4) is 0 Å². The molecule has 122 valence electrons. The van der Waals surface area contributed by atoms with Crippen LogP contribution in [0, 0.1) is 6.92 Å². The third-order valence-corrected chi connectivity index (χ3v) is 3.85. The van der Waals surface area contributed by atoms with Gasteiger partial charge in [0.15, 0.2) is 5.76 Å². The number of amides is 1. The quantitative estimate of drug-likeness (QED) is 0.765. The summed E-state index contributed by atoms with van der Waals surface area (Å²) in [4.78, 5) is 27.8. The molecule has 1 amide bonds. The number of aryl methyl sites for hydroxylation is 1. The van der Waals surface area contributed by atoms with Crippen molar-refractivity contribution in [3.05, 3.63) is 69.9 Å². The Hall–Kier alpha value is -3.15. The van der Waals surface area contributed by atoms with Gasteiger partial charge in [-0.2, -0.15) is 0 Å². The maximum atomic E-state index is 11.9. The van der Waals surface area contributed by atoms with Crippen LogP contribution in [0.15, 0.2) is 51.8 Å². The molecule has 0 saturated heterocycles. The van der Waals surface area contributed by atoms with Gasteiger partial charge in [0.1, 0.15) is 5.76 Å². The molecular formula is C18H16N2O4. The highest BCUT2D eigenvalue weighted by molar-refractivity contribution is 5.84. The summed E-state index contributed by atoms with van der Waals surface area (Å²) in [5, 5.41) is 11.0. The minimum atomic E-state index is -0.678. The third-order valence-electron chi connectivity index (χ3n) is 3.85. The lowest BCUT2D eigenvalue weighted by atomic mass is 9.89. The zero-order valence-corrected chi connectivity index (χ0v) is 13.0. The van der Waals surface area contributed by atoms with Crippen molar-refractivity contribution in [2.24, 2.45) is 5.73 Å². The highest BCUT2D eigenvalue weighted by atomic mass is 16.4. The van der Waals surface area contributed by atoms with E-state index in [1.807, 2.05) is 24.3 Å². The number of nitrogens with zero attached hydrogens (tertiary/aromatic N) is 1. The molecule has 0 spiro atoms. The number of benzene rings is 1. The van der Waals surface area contributed by atoms with Gasteiger partial charge in [-0.05, 0) is 24.6 Å². The van der Waals surface area contributed by atoms with E-state index in [0.717, 1.165) is 10.9 Å². The maximum absolute atomic E-state index is 11.9. The molecular weight excluding hydrogens is 308 g/mol. The molecule has 0 aliphatic heterocycles. The third kappa shape index (κ3) is 2.86. The second-order valence-electron chi connectivity index (χ2n) is 5.57. The molecule has 3 aromatic rings. The molecule has 2 aromatic heterocycles. The largest absolute Gasteiger partial charge is 0.502 e. The molecule has 3 N–H and O–H groups in total. The number of fused-ring (bicyclic) bond motifs is 1. The molecule has 6 nitrogen and oxygen atoms in total. The van der Waals surface area contributed by atoms with E-state index >= 15 is 0 Å². The fraction of sp³-hybridized carbons (Fsp3) is 0.167. The summed E-state index contributed by atoms with van der Waals surface area (Å²) in [6, 6.07) is 10.3. The van der Waals surface area contributed by atoms with Gasteiger partial charge < -0.3 is 15.3 Å². The number of rotatable bonds is 4. The average Bonchev–Trinajstić information content (AvgIpc) is 2.55. The summed E-state index contributed by atoms with van der Waals surface area (Å²) in [5.74, 6) is -1.36. The van der Waals surface area contributed by atoms with Crippen molar-refractivity contribution in [1.82, 2.24) is 4.98 Å². The molecule has 1 aromatic carbocycles. The van der Waals surface area contributed by atoms with Crippen LogP contribution in [-0.2, 0) is 4.79 Å². The Bertz CT molecular complexity index is 973. The fourth-order valence-electron chi connectivity index (χ4n) is 2.83. The van der Waals surface area contributed by atoms with E-state index in [1.165, 1.54) is 6.07 Å². The zero-order chi connectivity index (χ0) is 17.3. The van der Waals surface area contributed by atoms with Crippen molar-refractivity contribution in [3.8, 4) is 5.75 Å². The number of nitrogens with two attached hydrogens (primary N) is 1. The zero-order valence-electron chi connectivity index (χ0n) is 13.0. The predicted molar refractivity (Wildman–Crippen MR) is 88.8 cm³/mol. The first-order chi connectivity index (χ1) is 11.5. The normalized spacial score (nSPS) is 12.2. The summed E-state index contributed by atoms with van der Waals surface area (Å²) >= 11 is 0. The molecule has 1 unspecified atom stereocenters. The topological polar surface area (TPSA) is 106 Å². The van der Waals surface area contributed by atoms with E-state index in [2.05, 4.69) is 4.98 Å². The minimum Gasteiger partial charge on any atom is -0.502 e. The van der Waals surface area contributed by atoms with Crippen LogP contribution in [0.2, 0.25) is 0 Å². The smallest absolute Gasteiger partial charge is 0.227 e. The minimum absolute atomic E-state index is 0.0372. The highest BCUT2D eigenvalue weighted by Crippen LogP contribution is 2.35. The van der Waals surface area contributed by atoms with Crippen molar-refractivity contribution in [2.45, 2.75) is 19.3 Å². The van der Waals surface area contributed by atoms with Crippen LogP contribution in [0.4, 0.5) is 0 Å². The Morgan fingerprint density at radius 2 is 2.08 bits per heavy atom. The van der Waals surface area contributed by atoms with E-state index in [0.29, 0.717) is 11.3 Å². The van der Waals surface area contributed by atoms with Gasteiger partial charge in [0, 0.05) is 24.1 Å². The second kappa shape index (κ2) is 6.16. The van der Waals surface area contributed by atoms with E-state index in [-0.39, 0.29) is 12.2 Å². The van der Waals surface area contributed by atoms with Gasteiger partial charge in [-0.1, -0.05) is 18.2 Å². The van der Waals surface area contributed by atoms with Crippen LogP contribution in [0.25, 0.3) is 10.9 Å². The first kappa shape index (κ1) is 15.7. The van der Waals surface area contributed by atoms with Crippen molar-refractivity contribution in [3.63, 3.8) is 0 Å². The number of aromatic nitrogens is 1. The molecule has 6 heteroatoms. The van der Waals surface area contributed by atoms with Crippen molar-refractivity contribution >= 4 is 16.8 Å². The number of carbonyl (C=O) groups excluding carboxylic acids is 1. The van der Waals surface area contributed by atoms with E-state index in [4.69, 9.17) is 10.2 Å². The summed E-state index contributed by atoms with van der Waals surface area (Å²) in [5.41, 5.74) is 6.27. The monoisotopic (exact) mass is 324 g/mol. The Kier molecular flexibility index (Phi) is 4.04. The number of aromatic hydroxyl groups is 1. The van der Waals surface area contributed by atoms with Crippen LogP contribution in [0.1, 0.15) is 29.4 Å². The van der Waals surface area contributed by atoms with Gasteiger partial charge in [0.25, 0.3) is 0 Å². The van der Waals surface area contributed by atoms with E-state index in [9.17, 15) is 14.7 Å². The van der Waals surface area contributed by atoms with Gasteiger partial charge in [-0.3, -0.25) is 14.6 Å². The lowest BCUT2D eigenvalue weighted by Gasteiger charge is -2.18. The Morgan fingerprint density at radius 3 is 2.83 bits per heavy atom. The SMILES string of the molecule is Cc1cc(=O)c(O)c(C(CC(N)=O)c2ccnc3ccccc23)o1. The number of para-hydroxylation sites is 1. The molecule has 24 heavy (non-hydrogen) atoms.